The third kappa shape index (κ3) is 2.74. The van der Waals surface area contributed by atoms with Crippen molar-refractivity contribution in [3.05, 3.63) is 0 Å². The van der Waals surface area contributed by atoms with Crippen molar-refractivity contribution >= 4 is 21.9 Å². The molecule has 9 heavy (non-hydrogen) atoms. The normalized spacial score (nSPS) is 11.4. The number of carbonyl (C=O) groups excluding carboxylic acids is 1. The smallest absolute Gasteiger partial charge is 0.288 e. The number of rotatable bonds is 3. The van der Waals surface area contributed by atoms with Crippen LogP contribution in [0.2, 0.25) is 0 Å². The highest BCUT2D eigenvalue weighted by molar-refractivity contribution is 9.09. The lowest BCUT2D eigenvalue weighted by atomic mass is 10.3. The van der Waals surface area contributed by atoms with E-state index in [0.717, 1.165) is 0 Å². The summed E-state index contributed by atoms with van der Waals surface area (Å²) in [4.78, 5) is 9.53. The molecule has 0 saturated carbocycles. The van der Waals surface area contributed by atoms with E-state index >= 15 is 0 Å². The molecule has 0 rings (SSSR count). The summed E-state index contributed by atoms with van der Waals surface area (Å²) in [7, 11) is 0. The van der Waals surface area contributed by atoms with Gasteiger partial charge in [0.05, 0.1) is 0 Å². The van der Waals surface area contributed by atoms with E-state index in [2.05, 4.69) is 15.9 Å². The van der Waals surface area contributed by atoms with Crippen LogP contribution in [0.3, 0.4) is 0 Å². The summed E-state index contributed by atoms with van der Waals surface area (Å²) < 4.78 is 23.7. The molecule has 0 aliphatic rings. The van der Waals surface area contributed by atoms with Crippen LogP contribution >= 0.6 is 15.9 Å². The highest BCUT2D eigenvalue weighted by Gasteiger charge is 2.29. The van der Waals surface area contributed by atoms with E-state index in [1.807, 2.05) is 0 Å². The summed E-state index contributed by atoms with van der Waals surface area (Å²) in [5.41, 5.74) is 0. The highest BCUT2D eigenvalue weighted by Crippen LogP contribution is 2.17. The molecule has 0 aromatic rings. The van der Waals surface area contributed by atoms with Gasteiger partial charge in [-0.3, -0.25) is 0 Å². The zero-order valence-corrected chi connectivity index (χ0v) is 5.95. The molecule has 0 aliphatic heterocycles. The lowest BCUT2D eigenvalue weighted by molar-refractivity contribution is -0.329. The first-order valence-electron chi connectivity index (χ1n) is 2.16. The van der Waals surface area contributed by atoms with Gasteiger partial charge < -0.3 is 9.90 Å². The maximum absolute atomic E-state index is 11.9. The van der Waals surface area contributed by atoms with Gasteiger partial charge in [-0.15, -0.1) is 0 Å². The Morgan fingerprint density at radius 3 is 2.22 bits per heavy atom. The Hall–Kier alpha value is -0.190. The van der Waals surface area contributed by atoms with Crippen LogP contribution in [0.4, 0.5) is 8.78 Å². The zero-order chi connectivity index (χ0) is 7.49. The van der Waals surface area contributed by atoms with Gasteiger partial charge in [-0.25, -0.2) is 0 Å². The van der Waals surface area contributed by atoms with Gasteiger partial charge in [-0.05, 0) is 0 Å². The van der Waals surface area contributed by atoms with Gasteiger partial charge in [0.1, 0.15) is 5.97 Å². The van der Waals surface area contributed by atoms with E-state index in [4.69, 9.17) is 0 Å². The van der Waals surface area contributed by atoms with Gasteiger partial charge in [-0.1, -0.05) is 15.9 Å². The minimum atomic E-state index is -3.69. The Morgan fingerprint density at radius 1 is 1.67 bits per heavy atom. The standard InChI is InChI=1S/C4H5BrF2O2/c5-2-1-4(6,7)3(8)9/h1-2H2,(H,8,9)/p-1. The number of hydrogen-bond acceptors (Lipinski definition) is 2. The van der Waals surface area contributed by atoms with Gasteiger partial charge in [0, 0.05) is 11.8 Å². The van der Waals surface area contributed by atoms with Crippen LogP contribution in [-0.2, 0) is 4.79 Å². The molecule has 0 fully saturated rings. The quantitative estimate of drug-likeness (QED) is 0.611. The van der Waals surface area contributed by atoms with Crippen molar-refractivity contribution in [1.82, 2.24) is 0 Å². The maximum atomic E-state index is 11.9. The molecule has 0 aliphatic carbocycles. The molecule has 0 N–H and O–H groups in total. The van der Waals surface area contributed by atoms with E-state index in [1.54, 1.807) is 0 Å². The number of aliphatic carboxylic acids is 1. The van der Waals surface area contributed by atoms with Crippen LogP contribution in [0.5, 0.6) is 0 Å². The third-order valence-electron chi connectivity index (χ3n) is 0.707. The summed E-state index contributed by atoms with van der Waals surface area (Å²) in [5.74, 6) is -6.01. The minimum absolute atomic E-state index is 0.0476. The van der Waals surface area contributed by atoms with Crippen LogP contribution in [-0.4, -0.2) is 17.2 Å². The minimum Gasteiger partial charge on any atom is -0.544 e. The third-order valence-corrected chi connectivity index (χ3v) is 1.10. The largest absolute Gasteiger partial charge is 0.544 e. The van der Waals surface area contributed by atoms with E-state index in [0.29, 0.717) is 0 Å². The van der Waals surface area contributed by atoms with Crippen molar-refractivity contribution in [2.75, 3.05) is 5.33 Å². The predicted octanol–water partition coefficient (Wildman–Crippen LogP) is 0.157. The van der Waals surface area contributed by atoms with Crippen molar-refractivity contribution in [2.24, 2.45) is 0 Å². The summed E-state index contributed by atoms with van der Waals surface area (Å²) in [6.45, 7) is 0. The van der Waals surface area contributed by atoms with Gasteiger partial charge in [0.25, 0.3) is 5.92 Å². The van der Waals surface area contributed by atoms with E-state index < -0.39 is 18.3 Å². The Morgan fingerprint density at radius 2 is 2.11 bits per heavy atom. The van der Waals surface area contributed by atoms with Gasteiger partial charge in [0.2, 0.25) is 0 Å². The molecule has 0 aromatic heterocycles. The Bertz CT molecular complexity index is 115. The molecule has 0 radical (unpaired) electrons. The lowest BCUT2D eigenvalue weighted by Gasteiger charge is -2.14. The fourth-order valence-electron chi connectivity index (χ4n) is 0.221. The summed E-state index contributed by atoms with van der Waals surface area (Å²) in [5, 5.41) is 9.48. The first-order chi connectivity index (χ1) is 4.00. The molecular weight excluding hydrogens is 198 g/mol. The molecule has 0 unspecified atom stereocenters. The molecule has 2 nitrogen and oxygen atoms in total. The molecular formula is C4H4BrF2O2-. The number of alkyl halides is 3. The van der Waals surface area contributed by atoms with Crippen molar-refractivity contribution in [1.29, 1.82) is 0 Å². The van der Waals surface area contributed by atoms with Crippen LogP contribution in [0.1, 0.15) is 6.42 Å². The fraction of sp³-hybridized carbons (Fsp3) is 0.750. The molecule has 5 heteroatoms. The van der Waals surface area contributed by atoms with Crippen molar-refractivity contribution in [3.8, 4) is 0 Å². The first-order valence-corrected chi connectivity index (χ1v) is 3.28. The van der Waals surface area contributed by atoms with Crippen LogP contribution in [0.25, 0.3) is 0 Å². The van der Waals surface area contributed by atoms with Crippen LogP contribution in [0, 0.1) is 0 Å². The summed E-state index contributed by atoms with van der Waals surface area (Å²) in [6, 6.07) is 0. The number of carbonyl (C=O) groups is 1. The number of hydrogen-bond donors (Lipinski definition) is 0. The van der Waals surface area contributed by atoms with Gasteiger partial charge in [0.15, 0.2) is 0 Å². The highest BCUT2D eigenvalue weighted by atomic mass is 79.9. The van der Waals surface area contributed by atoms with Crippen LogP contribution in [0.15, 0.2) is 0 Å². The second-order valence-electron chi connectivity index (χ2n) is 1.43. The second-order valence-corrected chi connectivity index (χ2v) is 2.22. The Labute approximate surface area is 59.0 Å². The second kappa shape index (κ2) is 3.10. The first kappa shape index (κ1) is 8.81. The van der Waals surface area contributed by atoms with E-state index in [9.17, 15) is 18.7 Å². The van der Waals surface area contributed by atoms with Gasteiger partial charge in [-0.2, -0.15) is 8.78 Å². The zero-order valence-electron chi connectivity index (χ0n) is 4.36. The monoisotopic (exact) mass is 201 g/mol. The Kier molecular flexibility index (Phi) is 3.03. The average molecular weight is 202 g/mol. The molecule has 0 amide bonds. The molecule has 0 heterocycles. The molecule has 54 valence electrons. The average Bonchev–Trinajstić information content (AvgIpc) is 1.65. The Balaban J connectivity index is 3.85. The van der Waals surface area contributed by atoms with Crippen molar-refractivity contribution < 1.29 is 18.7 Å². The van der Waals surface area contributed by atoms with Crippen LogP contribution < -0.4 is 5.11 Å². The van der Waals surface area contributed by atoms with E-state index in [1.165, 1.54) is 0 Å². The van der Waals surface area contributed by atoms with Crippen molar-refractivity contribution in [3.63, 3.8) is 0 Å². The summed E-state index contributed by atoms with van der Waals surface area (Å²) in [6.07, 6.45) is -0.727. The topological polar surface area (TPSA) is 40.1 Å². The number of halogens is 3. The SMILES string of the molecule is O=C([O-])C(F)(F)CCBr. The predicted molar refractivity (Wildman–Crippen MR) is 28.4 cm³/mol. The molecule has 0 aromatic carbocycles. The van der Waals surface area contributed by atoms with E-state index in [-0.39, 0.29) is 5.33 Å². The maximum Gasteiger partial charge on any atom is 0.288 e. The van der Waals surface area contributed by atoms with Crippen molar-refractivity contribution in [2.45, 2.75) is 12.3 Å². The van der Waals surface area contributed by atoms with Gasteiger partial charge >= 0.3 is 0 Å². The number of carboxylic acid groups (broad SMARTS) is 1. The molecule has 0 bridgehead atoms. The lowest BCUT2D eigenvalue weighted by Crippen LogP contribution is -2.41. The molecule has 0 atom stereocenters. The summed E-state index contributed by atoms with van der Waals surface area (Å²) >= 11 is 2.68. The fourth-order valence-corrected chi connectivity index (χ4v) is 0.719. The molecule has 0 spiro atoms. The number of carboxylic acids is 1. The molecule has 0 saturated heterocycles.